The van der Waals surface area contributed by atoms with Crippen molar-refractivity contribution in [2.75, 3.05) is 4.72 Å². The number of pyridine rings is 1. The number of carbonyl (C=O) groups is 1. The van der Waals surface area contributed by atoms with Crippen molar-refractivity contribution in [3.8, 4) is 0 Å². The van der Waals surface area contributed by atoms with Gasteiger partial charge in [-0.15, -0.1) is 0 Å². The summed E-state index contributed by atoms with van der Waals surface area (Å²) in [5, 5.41) is 7.78. The Kier molecular flexibility index (Phi) is 6.85. The third-order valence-corrected chi connectivity index (χ3v) is 7.74. The first-order valence-electron chi connectivity index (χ1n) is 11.6. The van der Waals surface area contributed by atoms with Crippen molar-refractivity contribution in [1.82, 2.24) is 9.97 Å². The van der Waals surface area contributed by atoms with Crippen molar-refractivity contribution in [3.63, 3.8) is 0 Å². The molecule has 2 heterocycles. The number of H-pyrrole nitrogens is 1. The second-order valence-electron chi connectivity index (χ2n) is 8.92. The number of nitrogens with two attached hydrogens (primary N) is 1. The molecule has 0 amide bonds. The SMILES string of the molecule is N=CC1C=C(c2cnc3[nH]cc(C(=O)c4c(F)ccc(NS(=O)(=O)c5cc(F)ccc5F)c4F)c3c2)C=CC1N. The quantitative estimate of drug-likeness (QED) is 0.145. The zero-order valence-corrected chi connectivity index (χ0v) is 21.1. The van der Waals surface area contributed by atoms with Crippen LogP contribution in [0, 0.1) is 34.6 Å². The van der Waals surface area contributed by atoms with Crippen LogP contribution in [0.1, 0.15) is 21.5 Å². The molecule has 4 aromatic rings. The molecule has 2 unspecified atom stereocenters. The lowest BCUT2D eigenvalue weighted by Gasteiger charge is -2.19. The molecule has 1 aliphatic carbocycles. The fraction of sp³-hybridized carbons (Fsp3) is 0.0741. The molecule has 2 aromatic carbocycles. The number of hydrogen-bond acceptors (Lipinski definition) is 6. The maximum absolute atomic E-state index is 15.5. The molecule has 0 bridgehead atoms. The third kappa shape index (κ3) is 4.80. The summed E-state index contributed by atoms with van der Waals surface area (Å²) < 4.78 is 84.9. The third-order valence-electron chi connectivity index (χ3n) is 6.36. The van der Waals surface area contributed by atoms with Gasteiger partial charge in [-0.3, -0.25) is 9.52 Å². The molecule has 0 saturated heterocycles. The van der Waals surface area contributed by atoms with Crippen molar-refractivity contribution in [3.05, 3.63) is 107 Å². The van der Waals surface area contributed by atoms with Crippen LogP contribution in [0.25, 0.3) is 16.6 Å². The average Bonchev–Trinajstić information content (AvgIpc) is 3.35. The summed E-state index contributed by atoms with van der Waals surface area (Å²) in [6, 6.07) is 4.28. The number of benzene rings is 2. The van der Waals surface area contributed by atoms with E-state index >= 15 is 4.39 Å². The molecular weight excluding hydrogens is 550 g/mol. The highest BCUT2D eigenvalue weighted by Crippen LogP contribution is 2.31. The molecule has 13 heteroatoms. The molecule has 2 atom stereocenters. The monoisotopic (exact) mass is 569 g/mol. The molecule has 5 N–H and O–H groups in total. The summed E-state index contributed by atoms with van der Waals surface area (Å²) in [6.45, 7) is 0. The minimum Gasteiger partial charge on any atom is -0.345 e. The Balaban J connectivity index is 1.54. The average molecular weight is 570 g/mol. The van der Waals surface area contributed by atoms with Crippen LogP contribution < -0.4 is 10.5 Å². The van der Waals surface area contributed by atoms with E-state index in [1.54, 1.807) is 29.0 Å². The Morgan fingerprint density at radius 1 is 1.10 bits per heavy atom. The number of rotatable bonds is 7. The van der Waals surface area contributed by atoms with Gasteiger partial charge in [-0.25, -0.2) is 31.0 Å². The molecule has 40 heavy (non-hydrogen) atoms. The highest BCUT2D eigenvalue weighted by atomic mass is 32.2. The topological polar surface area (TPSA) is 142 Å². The number of hydrogen-bond donors (Lipinski definition) is 4. The van der Waals surface area contributed by atoms with Gasteiger partial charge in [0.1, 0.15) is 28.0 Å². The Bertz CT molecular complexity index is 1870. The van der Waals surface area contributed by atoms with Crippen LogP contribution in [0.5, 0.6) is 0 Å². The van der Waals surface area contributed by atoms with Gasteiger partial charge in [-0.2, -0.15) is 0 Å². The number of sulfonamides is 1. The van der Waals surface area contributed by atoms with Gasteiger partial charge in [0.05, 0.1) is 11.3 Å². The second kappa shape index (κ2) is 10.2. The lowest BCUT2D eigenvalue weighted by Crippen LogP contribution is -2.29. The van der Waals surface area contributed by atoms with E-state index in [0.717, 1.165) is 6.07 Å². The van der Waals surface area contributed by atoms with Crippen molar-refractivity contribution in [2.24, 2.45) is 11.7 Å². The molecule has 8 nitrogen and oxygen atoms in total. The molecule has 2 aromatic heterocycles. The van der Waals surface area contributed by atoms with Crippen LogP contribution >= 0.6 is 0 Å². The molecule has 204 valence electrons. The lowest BCUT2D eigenvalue weighted by atomic mass is 9.90. The van der Waals surface area contributed by atoms with Gasteiger partial charge < -0.3 is 16.1 Å². The van der Waals surface area contributed by atoms with Crippen LogP contribution in [0.15, 0.2) is 71.9 Å². The Hall–Kier alpha value is -4.62. The minimum absolute atomic E-state index is 0.154. The van der Waals surface area contributed by atoms with Crippen molar-refractivity contribution in [1.29, 1.82) is 5.41 Å². The van der Waals surface area contributed by atoms with E-state index in [1.165, 1.54) is 18.6 Å². The number of aromatic amines is 1. The molecule has 0 radical (unpaired) electrons. The molecule has 5 rings (SSSR count). The summed E-state index contributed by atoms with van der Waals surface area (Å²) in [6.07, 6.45) is 9.13. The van der Waals surface area contributed by atoms with E-state index in [2.05, 4.69) is 9.97 Å². The summed E-state index contributed by atoms with van der Waals surface area (Å²) >= 11 is 0. The first-order valence-corrected chi connectivity index (χ1v) is 13.1. The van der Waals surface area contributed by atoms with Crippen LogP contribution in [0.4, 0.5) is 23.2 Å². The van der Waals surface area contributed by atoms with Gasteiger partial charge in [0.25, 0.3) is 10.0 Å². The van der Waals surface area contributed by atoms with Gasteiger partial charge in [0, 0.05) is 47.1 Å². The first-order chi connectivity index (χ1) is 19.0. The van der Waals surface area contributed by atoms with E-state index in [4.69, 9.17) is 11.1 Å². The number of nitrogens with zero attached hydrogens (tertiary/aromatic N) is 1. The standard InChI is InChI=1S/C27H19F4N5O3S/c28-16-2-3-19(29)23(9-16)40(38,39)36-22-6-4-20(30)24(25(22)31)26(37)18-12-35-27-17(18)8-15(11-34-27)13-1-5-21(33)14(7-13)10-32/h1-12,14,21,32,36H,33H2,(H,34,35). The van der Waals surface area contributed by atoms with Gasteiger partial charge in [0.15, 0.2) is 5.82 Å². The van der Waals surface area contributed by atoms with Gasteiger partial charge >= 0.3 is 0 Å². The maximum Gasteiger partial charge on any atom is 0.265 e. The van der Waals surface area contributed by atoms with Crippen molar-refractivity contribution >= 4 is 44.3 Å². The second-order valence-corrected chi connectivity index (χ2v) is 10.6. The minimum atomic E-state index is -4.85. The molecule has 0 saturated carbocycles. The fourth-order valence-electron chi connectivity index (χ4n) is 4.27. The van der Waals surface area contributed by atoms with E-state index in [1.807, 2.05) is 0 Å². The van der Waals surface area contributed by atoms with Crippen LogP contribution in [-0.4, -0.2) is 36.4 Å². The van der Waals surface area contributed by atoms with E-state index in [-0.39, 0.29) is 28.6 Å². The summed E-state index contributed by atoms with van der Waals surface area (Å²) in [5.74, 6) is -6.66. The predicted octanol–water partition coefficient (Wildman–Crippen LogP) is 4.70. The Morgan fingerprint density at radius 2 is 1.85 bits per heavy atom. The zero-order valence-electron chi connectivity index (χ0n) is 20.3. The number of nitrogens with one attached hydrogen (secondary N) is 3. The number of ketones is 1. The van der Waals surface area contributed by atoms with E-state index in [0.29, 0.717) is 35.4 Å². The maximum atomic E-state index is 15.5. The number of fused-ring (bicyclic) bond motifs is 1. The number of halogens is 4. The van der Waals surface area contributed by atoms with Crippen LogP contribution in [0.2, 0.25) is 0 Å². The highest BCUT2D eigenvalue weighted by Gasteiger charge is 2.28. The number of carbonyl (C=O) groups excluding carboxylic acids is 1. The predicted molar refractivity (Wildman–Crippen MR) is 140 cm³/mol. The Morgan fingerprint density at radius 3 is 2.60 bits per heavy atom. The Labute approximate surface area is 224 Å². The van der Waals surface area contributed by atoms with E-state index < -0.39 is 55.2 Å². The van der Waals surface area contributed by atoms with Crippen LogP contribution in [0.3, 0.4) is 0 Å². The summed E-state index contributed by atoms with van der Waals surface area (Å²) in [7, 11) is -4.85. The lowest BCUT2D eigenvalue weighted by molar-refractivity contribution is 0.103. The molecule has 0 fully saturated rings. The first kappa shape index (κ1) is 27.0. The molecular formula is C27H19F4N5O3S. The highest BCUT2D eigenvalue weighted by molar-refractivity contribution is 7.92. The normalized spacial score (nSPS) is 17.1. The van der Waals surface area contributed by atoms with Crippen molar-refractivity contribution < 1.29 is 30.8 Å². The smallest absolute Gasteiger partial charge is 0.265 e. The summed E-state index contributed by atoms with van der Waals surface area (Å²) in [4.78, 5) is 19.3. The van der Waals surface area contributed by atoms with Gasteiger partial charge in [-0.05, 0) is 42.0 Å². The number of allylic oxidation sites excluding steroid dienone is 2. The number of aromatic nitrogens is 2. The van der Waals surface area contributed by atoms with Crippen molar-refractivity contribution in [2.45, 2.75) is 10.9 Å². The fourth-order valence-corrected chi connectivity index (χ4v) is 5.42. The molecule has 1 aliphatic rings. The number of anilines is 1. The molecule has 0 spiro atoms. The van der Waals surface area contributed by atoms with Gasteiger partial charge in [-0.1, -0.05) is 18.2 Å². The molecule has 0 aliphatic heterocycles. The largest absolute Gasteiger partial charge is 0.345 e. The van der Waals surface area contributed by atoms with Crippen LogP contribution in [-0.2, 0) is 10.0 Å². The summed E-state index contributed by atoms with van der Waals surface area (Å²) in [5.41, 5.74) is 5.35. The van der Waals surface area contributed by atoms with E-state index in [9.17, 15) is 26.4 Å². The van der Waals surface area contributed by atoms with Gasteiger partial charge in [0.2, 0.25) is 5.78 Å². The zero-order chi connectivity index (χ0) is 28.8.